The lowest BCUT2D eigenvalue weighted by Crippen LogP contribution is -2.45. The van der Waals surface area contributed by atoms with Gasteiger partial charge in [-0.3, -0.25) is 4.79 Å². The lowest BCUT2D eigenvalue weighted by Gasteiger charge is -2.32. The topological polar surface area (TPSA) is 49.3 Å². The van der Waals surface area contributed by atoms with Crippen LogP contribution in [-0.4, -0.2) is 23.7 Å². The minimum absolute atomic E-state index is 0.159. The summed E-state index contributed by atoms with van der Waals surface area (Å²) in [5, 5.41) is 12.5. The van der Waals surface area contributed by atoms with Crippen LogP contribution < -0.4 is 5.32 Å². The fourth-order valence-corrected chi connectivity index (χ4v) is 2.89. The summed E-state index contributed by atoms with van der Waals surface area (Å²) in [4.78, 5) is 12.2. The fourth-order valence-electron chi connectivity index (χ4n) is 2.89. The van der Waals surface area contributed by atoms with Gasteiger partial charge in [0.05, 0.1) is 0 Å². The van der Waals surface area contributed by atoms with E-state index in [9.17, 15) is 9.90 Å². The monoisotopic (exact) mass is 255 g/mol. The molecule has 18 heavy (non-hydrogen) atoms. The van der Waals surface area contributed by atoms with E-state index in [4.69, 9.17) is 0 Å². The quantitative estimate of drug-likeness (QED) is 0.735. The van der Waals surface area contributed by atoms with Crippen LogP contribution in [0.25, 0.3) is 0 Å². The molecule has 0 heterocycles. The standard InChI is InChI=1S/C15H29NO2/c1-3-5-8-12(4-2)15(18)16-14-10-7-6-9-13(14)11-17/h12-14,17H,3-11H2,1-2H3,(H,16,18). The van der Waals surface area contributed by atoms with Crippen LogP contribution in [-0.2, 0) is 4.79 Å². The number of aliphatic hydroxyl groups is 1. The first-order valence-corrected chi connectivity index (χ1v) is 7.64. The first kappa shape index (κ1) is 15.5. The molecule has 1 aliphatic rings. The highest BCUT2D eigenvalue weighted by molar-refractivity contribution is 5.78. The van der Waals surface area contributed by atoms with Gasteiger partial charge in [0, 0.05) is 24.5 Å². The molecule has 0 saturated heterocycles. The molecule has 3 unspecified atom stereocenters. The Hall–Kier alpha value is -0.570. The maximum atomic E-state index is 12.2. The normalized spacial score (nSPS) is 25.7. The van der Waals surface area contributed by atoms with Gasteiger partial charge in [-0.25, -0.2) is 0 Å². The average molecular weight is 255 g/mol. The Morgan fingerprint density at radius 1 is 1.33 bits per heavy atom. The molecule has 0 aromatic heterocycles. The third kappa shape index (κ3) is 4.60. The van der Waals surface area contributed by atoms with Crippen LogP contribution in [0.5, 0.6) is 0 Å². The van der Waals surface area contributed by atoms with E-state index in [1.807, 2.05) is 0 Å². The van der Waals surface area contributed by atoms with Gasteiger partial charge in [-0.2, -0.15) is 0 Å². The number of nitrogens with one attached hydrogen (secondary N) is 1. The Kier molecular flexibility index (Phi) is 7.33. The Bertz CT molecular complexity index is 243. The summed E-state index contributed by atoms with van der Waals surface area (Å²) in [5.41, 5.74) is 0. The Balaban J connectivity index is 2.45. The molecule has 1 fully saturated rings. The number of unbranched alkanes of at least 4 members (excludes halogenated alkanes) is 1. The second kappa shape index (κ2) is 8.52. The Morgan fingerprint density at radius 2 is 2.06 bits per heavy atom. The molecule has 1 aliphatic carbocycles. The van der Waals surface area contributed by atoms with Crippen molar-refractivity contribution < 1.29 is 9.90 Å². The van der Waals surface area contributed by atoms with Gasteiger partial charge >= 0.3 is 0 Å². The van der Waals surface area contributed by atoms with E-state index >= 15 is 0 Å². The molecule has 106 valence electrons. The van der Waals surface area contributed by atoms with Crippen LogP contribution in [0.4, 0.5) is 0 Å². The van der Waals surface area contributed by atoms with Crippen molar-refractivity contribution in [3.63, 3.8) is 0 Å². The van der Waals surface area contributed by atoms with E-state index in [0.717, 1.165) is 38.5 Å². The van der Waals surface area contributed by atoms with Crippen LogP contribution in [0.2, 0.25) is 0 Å². The third-order valence-electron chi connectivity index (χ3n) is 4.24. The zero-order chi connectivity index (χ0) is 13.4. The number of hydrogen-bond acceptors (Lipinski definition) is 2. The van der Waals surface area contributed by atoms with E-state index in [1.54, 1.807) is 0 Å². The predicted octanol–water partition coefficient (Wildman–Crippen LogP) is 2.87. The molecule has 1 amide bonds. The van der Waals surface area contributed by atoms with Crippen LogP contribution in [0, 0.1) is 11.8 Å². The molecule has 0 aliphatic heterocycles. The smallest absolute Gasteiger partial charge is 0.223 e. The van der Waals surface area contributed by atoms with Crippen LogP contribution in [0.1, 0.15) is 65.2 Å². The van der Waals surface area contributed by atoms with Gasteiger partial charge in [-0.15, -0.1) is 0 Å². The van der Waals surface area contributed by atoms with Crippen molar-refractivity contribution in [2.45, 2.75) is 71.3 Å². The number of rotatable bonds is 7. The summed E-state index contributed by atoms with van der Waals surface area (Å²) in [6, 6.07) is 0.201. The molecule has 3 atom stereocenters. The lowest BCUT2D eigenvalue weighted by atomic mass is 9.84. The highest BCUT2D eigenvalue weighted by Gasteiger charge is 2.27. The summed E-state index contributed by atoms with van der Waals surface area (Å²) in [7, 11) is 0. The van der Waals surface area contributed by atoms with E-state index in [0.29, 0.717) is 0 Å². The lowest BCUT2D eigenvalue weighted by molar-refractivity contribution is -0.126. The number of amides is 1. The molecule has 0 aromatic carbocycles. The minimum Gasteiger partial charge on any atom is -0.396 e. The number of carbonyl (C=O) groups excluding carboxylic acids is 1. The van der Waals surface area contributed by atoms with Gasteiger partial charge < -0.3 is 10.4 Å². The Labute approximate surface area is 111 Å². The van der Waals surface area contributed by atoms with Gasteiger partial charge in [0.25, 0.3) is 0 Å². The molecular weight excluding hydrogens is 226 g/mol. The first-order valence-electron chi connectivity index (χ1n) is 7.64. The summed E-state index contributed by atoms with van der Waals surface area (Å²) >= 11 is 0. The molecule has 0 spiro atoms. The van der Waals surface area contributed by atoms with Gasteiger partial charge in [-0.05, 0) is 25.7 Å². The molecule has 3 heteroatoms. The van der Waals surface area contributed by atoms with Crippen molar-refractivity contribution in [2.75, 3.05) is 6.61 Å². The zero-order valence-corrected chi connectivity index (χ0v) is 12.0. The molecule has 2 N–H and O–H groups in total. The van der Waals surface area contributed by atoms with Crippen molar-refractivity contribution in [2.24, 2.45) is 11.8 Å². The van der Waals surface area contributed by atoms with Crippen molar-refractivity contribution >= 4 is 5.91 Å². The SMILES string of the molecule is CCCCC(CC)C(=O)NC1CCCCC1CO. The zero-order valence-electron chi connectivity index (χ0n) is 12.0. The summed E-state index contributed by atoms with van der Waals surface area (Å²) in [5.74, 6) is 0.633. The number of hydrogen-bond donors (Lipinski definition) is 2. The second-order valence-electron chi connectivity index (χ2n) is 5.59. The second-order valence-corrected chi connectivity index (χ2v) is 5.59. The van der Waals surface area contributed by atoms with Crippen molar-refractivity contribution in [1.29, 1.82) is 0 Å². The fraction of sp³-hybridized carbons (Fsp3) is 0.933. The van der Waals surface area contributed by atoms with Gasteiger partial charge in [-0.1, -0.05) is 39.5 Å². The number of carbonyl (C=O) groups is 1. The van der Waals surface area contributed by atoms with Gasteiger partial charge in [0.15, 0.2) is 0 Å². The third-order valence-corrected chi connectivity index (χ3v) is 4.24. The molecular formula is C15H29NO2. The Morgan fingerprint density at radius 3 is 2.67 bits per heavy atom. The maximum absolute atomic E-state index is 12.2. The van der Waals surface area contributed by atoms with E-state index < -0.39 is 0 Å². The van der Waals surface area contributed by atoms with Crippen LogP contribution in [0.15, 0.2) is 0 Å². The van der Waals surface area contributed by atoms with Crippen LogP contribution in [0.3, 0.4) is 0 Å². The van der Waals surface area contributed by atoms with Crippen LogP contribution >= 0.6 is 0 Å². The van der Waals surface area contributed by atoms with E-state index in [-0.39, 0.29) is 30.4 Å². The summed E-state index contributed by atoms with van der Waals surface area (Å²) < 4.78 is 0. The summed E-state index contributed by atoms with van der Waals surface area (Å²) in [6.07, 6.45) is 8.62. The predicted molar refractivity (Wildman–Crippen MR) is 74.3 cm³/mol. The van der Waals surface area contributed by atoms with Gasteiger partial charge in [0.1, 0.15) is 0 Å². The van der Waals surface area contributed by atoms with Crippen molar-refractivity contribution in [1.82, 2.24) is 5.32 Å². The number of aliphatic hydroxyl groups excluding tert-OH is 1. The molecule has 3 nitrogen and oxygen atoms in total. The van der Waals surface area contributed by atoms with Gasteiger partial charge in [0.2, 0.25) is 5.91 Å². The minimum atomic E-state index is 0.159. The summed E-state index contributed by atoms with van der Waals surface area (Å²) in [6.45, 7) is 4.45. The molecule has 0 radical (unpaired) electrons. The largest absolute Gasteiger partial charge is 0.396 e. The maximum Gasteiger partial charge on any atom is 0.223 e. The molecule has 1 saturated carbocycles. The highest BCUT2D eigenvalue weighted by atomic mass is 16.3. The average Bonchev–Trinajstić information content (AvgIpc) is 2.40. The van der Waals surface area contributed by atoms with Crippen molar-refractivity contribution in [3.8, 4) is 0 Å². The van der Waals surface area contributed by atoms with E-state index in [1.165, 1.54) is 12.8 Å². The highest BCUT2D eigenvalue weighted by Crippen LogP contribution is 2.24. The first-order chi connectivity index (χ1) is 8.72. The van der Waals surface area contributed by atoms with E-state index in [2.05, 4.69) is 19.2 Å². The molecule has 0 aromatic rings. The van der Waals surface area contributed by atoms with Crippen molar-refractivity contribution in [3.05, 3.63) is 0 Å². The molecule has 1 rings (SSSR count). The molecule has 0 bridgehead atoms.